The first-order chi connectivity index (χ1) is 17.0. The molecule has 1 fully saturated rings. The van der Waals surface area contributed by atoms with Gasteiger partial charge in [-0.3, -0.25) is 9.69 Å². The van der Waals surface area contributed by atoms with Crippen molar-refractivity contribution < 1.29 is 35.8 Å². The lowest BCUT2D eigenvalue weighted by Crippen LogP contribution is -2.33. The minimum absolute atomic E-state index is 0. The fourth-order valence-electron chi connectivity index (χ4n) is 4.55. The molecule has 9 heteroatoms. The number of nitrogens with zero attached hydrogens (tertiary/aromatic N) is 1. The second-order valence-corrected chi connectivity index (χ2v) is 9.85. The number of phenolic OH excluding ortho intramolecular Hbond substituents is 3. The van der Waals surface area contributed by atoms with Gasteiger partial charge in [-0.1, -0.05) is 6.42 Å². The Labute approximate surface area is 218 Å². The van der Waals surface area contributed by atoms with Crippen molar-refractivity contribution in [3.8, 4) is 33.4 Å². The number of rotatable bonds is 7. The van der Waals surface area contributed by atoms with Gasteiger partial charge in [0.25, 0.3) is 0 Å². The Hall–Kier alpha value is -3.63. The highest BCUT2D eigenvalue weighted by Gasteiger charge is 2.24. The molecule has 0 aliphatic carbocycles. The van der Waals surface area contributed by atoms with E-state index >= 15 is 0 Å². The molecule has 5 rings (SSSR count). The van der Waals surface area contributed by atoms with Gasteiger partial charge in [-0.25, -0.2) is 0 Å². The van der Waals surface area contributed by atoms with E-state index in [1.165, 1.54) is 36.7 Å². The quantitative estimate of drug-likeness (QED) is 0.308. The number of carbonyl (C=O) groups is 1. The van der Waals surface area contributed by atoms with Crippen molar-refractivity contribution in [2.45, 2.75) is 19.3 Å². The summed E-state index contributed by atoms with van der Waals surface area (Å²) in [7, 11) is 0. The molecule has 3 aromatic carbocycles. The van der Waals surface area contributed by atoms with E-state index in [0.29, 0.717) is 38.4 Å². The fourth-order valence-corrected chi connectivity index (χ4v) is 5.81. The van der Waals surface area contributed by atoms with Crippen LogP contribution < -0.4 is 4.74 Å². The molecular formula is C28H31NO7S. The Bertz CT molecular complexity index is 1340. The monoisotopic (exact) mass is 525 g/mol. The van der Waals surface area contributed by atoms with Crippen LogP contribution in [0, 0.1) is 0 Å². The molecule has 0 spiro atoms. The molecule has 1 aliphatic rings. The van der Waals surface area contributed by atoms with E-state index in [1.54, 1.807) is 54.6 Å². The third kappa shape index (κ3) is 6.03. The maximum atomic E-state index is 13.7. The number of hydrogen-bond acceptors (Lipinski definition) is 7. The number of hydrogen-bond donors (Lipinski definition) is 3. The summed E-state index contributed by atoms with van der Waals surface area (Å²) in [6.07, 6.45) is 3.80. The van der Waals surface area contributed by atoms with Crippen LogP contribution in [0.1, 0.15) is 35.2 Å². The standard InChI is InChI=1S/C28H27NO5S.2H2O/c30-20-8-4-19(5-9-20)28-26(25-23(32)16-21(31)17-24(25)35-28)27(33)18-6-10-22(11-7-18)34-15-14-29-12-2-1-3-13-29;;/h4-11,16-17,30-32H,1-3,12-15H2;2*1H2. The van der Waals surface area contributed by atoms with Crippen molar-refractivity contribution in [1.82, 2.24) is 4.90 Å². The molecule has 7 N–H and O–H groups in total. The molecule has 1 aromatic heterocycles. The number of carbonyl (C=O) groups excluding carboxylic acids is 1. The van der Waals surface area contributed by atoms with Crippen molar-refractivity contribution in [3.05, 3.63) is 71.8 Å². The van der Waals surface area contributed by atoms with Crippen LogP contribution in [0.2, 0.25) is 0 Å². The molecule has 0 amide bonds. The zero-order valence-corrected chi connectivity index (χ0v) is 21.1. The minimum atomic E-state index is -0.236. The first-order valence-electron chi connectivity index (χ1n) is 11.8. The Morgan fingerprint density at radius 2 is 1.54 bits per heavy atom. The molecule has 37 heavy (non-hydrogen) atoms. The van der Waals surface area contributed by atoms with Gasteiger partial charge in [-0.05, 0) is 86.1 Å². The molecule has 1 saturated heterocycles. The number of aromatic hydroxyl groups is 3. The topological polar surface area (TPSA) is 153 Å². The number of ketones is 1. The van der Waals surface area contributed by atoms with Crippen LogP contribution in [-0.2, 0) is 0 Å². The van der Waals surface area contributed by atoms with Crippen LogP contribution in [0.25, 0.3) is 20.5 Å². The Morgan fingerprint density at radius 1 is 0.865 bits per heavy atom. The zero-order chi connectivity index (χ0) is 24.4. The normalized spacial score (nSPS) is 13.5. The maximum absolute atomic E-state index is 13.7. The summed E-state index contributed by atoms with van der Waals surface area (Å²) in [5.74, 6) is 0.375. The van der Waals surface area contributed by atoms with Crippen molar-refractivity contribution in [2.75, 3.05) is 26.2 Å². The van der Waals surface area contributed by atoms with Crippen LogP contribution in [0.15, 0.2) is 60.7 Å². The lowest BCUT2D eigenvalue weighted by molar-refractivity contribution is 0.104. The van der Waals surface area contributed by atoms with Crippen molar-refractivity contribution in [3.63, 3.8) is 0 Å². The smallest absolute Gasteiger partial charge is 0.195 e. The van der Waals surface area contributed by atoms with Crippen LogP contribution in [-0.4, -0.2) is 63.2 Å². The molecule has 196 valence electrons. The molecule has 0 atom stereocenters. The predicted octanol–water partition coefficient (Wildman–Crippen LogP) is 4.13. The first kappa shape index (κ1) is 27.9. The number of fused-ring (bicyclic) bond motifs is 1. The predicted molar refractivity (Wildman–Crippen MR) is 145 cm³/mol. The van der Waals surface area contributed by atoms with E-state index in [4.69, 9.17) is 4.74 Å². The van der Waals surface area contributed by atoms with E-state index in [9.17, 15) is 20.1 Å². The zero-order valence-electron chi connectivity index (χ0n) is 20.2. The molecule has 0 radical (unpaired) electrons. The van der Waals surface area contributed by atoms with Gasteiger partial charge in [0.2, 0.25) is 0 Å². The Morgan fingerprint density at radius 3 is 2.22 bits per heavy atom. The van der Waals surface area contributed by atoms with Crippen molar-refractivity contribution in [1.29, 1.82) is 0 Å². The average molecular weight is 526 g/mol. The van der Waals surface area contributed by atoms with Crippen LogP contribution in [0.3, 0.4) is 0 Å². The van der Waals surface area contributed by atoms with Gasteiger partial charge in [0.05, 0.1) is 5.56 Å². The van der Waals surface area contributed by atoms with Crippen LogP contribution >= 0.6 is 11.3 Å². The van der Waals surface area contributed by atoms with Gasteiger partial charge >= 0.3 is 0 Å². The highest BCUT2D eigenvalue weighted by Crippen LogP contribution is 2.45. The highest BCUT2D eigenvalue weighted by molar-refractivity contribution is 7.23. The third-order valence-corrected chi connectivity index (χ3v) is 7.54. The SMILES string of the molecule is O.O.O=C(c1ccc(OCCN2CCCCC2)cc1)c1c(-c2ccc(O)cc2)sc2cc(O)cc(O)c12. The Kier molecular flexibility index (Phi) is 9.12. The summed E-state index contributed by atoms with van der Waals surface area (Å²) < 4.78 is 6.50. The largest absolute Gasteiger partial charge is 0.508 e. The number of thiophene rings is 1. The van der Waals surface area contributed by atoms with E-state index in [1.807, 2.05) is 0 Å². The van der Waals surface area contributed by atoms with E-state index < -0.39 is 0 Å². The highest BCUT2D eigenvalue weighted by atomic mass is 32.1. The fraction of sp³-hybridized carbons (Fsp3) is 0.250. The van der Waals surface area contributed by atoms with E-state index in [2.05, 4.69) is 4.90 Å². The Balaban J connectivity index is 0.00000190. The molecule has 1 aliphatic heterocycles. The number of phenols is 3. The summed E-state index contributed by atoms with van der Waals surface area (Å²) in [5.41, 5.74) is 1.58. The summed E-state index contributed by atoms with van der Waals surface area (Å²) in [6, 6.07) is 16.4. The second kappa shape index (κ2) is 12.1. The van der Waals surface area contributed by atoms with Crippen LogP contribution in [0.4, 0.5) is 0 Å². The van der Waals surface area contributed by atoms with Crippen molar-refractivity contribution in [2.24, 2.45) is 0 Å². The van der Waals surface area contributed by atoms with E-state index in [-0.39, 0.29) is 34.0 Å². The van der Waals surface area contributed by atoms with Gasteiger partial charge in [-0.15, -0.1) is 11.3 Å². The van der Waals surface area contributed by atoms with Gasteiger partial charge in [0, 0.05) is 33.1 Å². The average Bonchev–Trinajstić information content (AvgIpc) is 3.25. The number of likely N-dealkylation sites (tertiary alicyclic amines) is 1. The summed E-state index contributed by atoms with van der Waals surface area (Å²) in [6.45, 7) is 3.74. The maximum Gasteiger partial charge on any atom is 0.195 e. The molecule has 0 bridgehead atoms. The summed E-state index contributed by atoms with van der Waals surface area (Å²) >= 11 is 1.31. The molecular weight excluding hydrogens is 494 g/mol. The minimum Gasteiger partial charge on any atom is -0.508 e. The van der Waals surface area contributed by atoms with E-state index in [0.717, 1.165) is 25.2 Å². The lowest BCUT2D eigenvalue weighted by Gasteiger charge is -2.26. The molecule has 2 heterocycles. The van der Waals surface area contributed by atoms with Gasteiger partial charge in [0.1, 0.15) is 29.6 Å². The third-order valence-electron chi connectivity index (χ3n) is 6.35. The molecule has 4 aromatic rings. The number of piperidine rings is 1. The van der Waals surface area contributed by atoms with Gasteiger partial charge in [-0.2, -0.15) is 0 Å². The molecule has 0 unspecified atom stereocenters. The number of benzene rings is 3. The second-order valence-electron chi connectivity index (χ2n) is 8.80. The number of ether oxygens (including phenoxy) is 1. The summed E-state index contributed by atoms with van der Waals surface area (Å²) in [5, 5.41) is 30.7. The van der Waals surface area contributed by atoms with Crippen LogP contribution in [0.5, 0.6) is 23.0 Å². The van der Waals surface area contributed by atoms with Crippen molar-refractivity contribution >= 4 is 27.2 Å². The lowest BCUT2D eigenvalue weighted by atomic mass is 9.97. The van der Waals surface area contributed by atoms with Gasteiger partial charge in [0.15, 0.2) is 5.78 Å². The molecule has 0 saturated carbocycles. The van der Waals surface area contributed by atoms with Gasteiger partial charge < -0.3 is 31.0 Å². The molecule has 8 nitrogen and oxygen atoms in total. The first-order valence-corrected chi connectivity index (χ1v) is 12.6. The summed E-state index contributed by atoms with van der Waals surface area (Å²) in [4.78, 5) is 16.8.